The van der Waals surface area contributed by atoms with Crippen molar-refractivity contribution in [2.24, 2.45) is 5.92 Å². The summed E-state index contributed by atoms with van der Waals surface area (Å²) in [6.07, 6.45) is 3.86. The Labute approximate surface area is 135 Å². The second-order valence-corrected chi connectivity index (χ2v) is 6.51. The Morgan fingerprint density at radius 2 is 2.32 bits per heavy atom. The normalized spacial score (nSPS) is 18.3. The molecule has 1 heterocycles. The summed E-state index contributed by atoms with van der Waals surface area (Å²) in [6, 6.07) is 4.57. The average Bonchev–Trinajstić information content (AvgIpc) is 2.54. The van der Waals surface area contributed by atoms with E-state index < -0.39 is 0 Å². The molecule has 1 atom stereocenters. The summed E-state index contributed by atoms with van der Waals surface area (Å²) in [5, 5.41) is 12.1. The molecule has 0 radical (unpaired) electrons. The molecule has 0 spiro atoms. The maximum atomic E-state index is 13.3. The van der Waals surface area contributed by atoms with Crippen LogP contribution in [0.25, 0.3) is 0 Å². The largest absolute Gasteiger partial charge is 0.396 e. The van der Waals surface area contributed by atoms with Gasteiger partial charge in [-0.15, -0.1) is 0 Å². The van der Waals surface area contributed by atoms with Gasteiger partial charge in [0.2, 0.25) is 0 Å². The molecule has 1 aliphatic heterocycles. The predicted octanol–water partition coefficient (Wildman–Crippen LogP) is 2.60. The highest BCUT2D eigenvalue weighted by Gasteiger charge is 2.22. The predicted molar refractivity (Wildman–Crippen MR) is 87.2 cm³/mol. The standard InChI is InChI=1S/C16H23FN2O2S/c1-22-11-14-7-15(17)5-4-13(14)8-18-16(21)19-6-2-3-12(9-19)10-20/h4-5,7,12,20H,2-3,6,8-11H2,1H3,(H,18,21)/t12-/m1/s1. The number of carbonyl (C=O) groups is 1. The molecular formula is C16H23FN2O2S. The van der Waals surface area contributed by atoms with Gasteiger partial charge in [0.1, 0.15) is 5.82 Å². The number of hydrogen-bond acceptors (Lipinski definition) is 3. The molecule has 1 fully saturated rings. The smallest absolute Gasteiger partial charge is 0.317 e. The summed E-state index contributed by atoms with van der Waals surface area (Å²) < 4.78 is 13.3. The van der Waals surface area contributed by atoms with Gasteiger partial charge in [0, 0.05) is 32.0 Å². The molecule has 6 heteroatoms. The molecule has 0 aliphatic carbocycles. The number of urea groups is 1. The Kier molecular flexibility index (Phi) is 6.51. The number of amides is 2. The molecule has 122 valence electrons. The molecule has 22 heavy (non-hydrogen) atoms. The Balaban J connectivity index is 1.93. The molecule has 4 nitrogen and oxygen atoms in total. The Bertz CT molecular complexity index is 513. The van der Waals surface area contributed by atoms with Crippen molar-refractivity contribution in [2.75, 3.05) is 26.0 Å². The first-order valence-corrected chi connectivity index (χ1v) is 8.93. The number of aliphatic hydroxyl groups is 1. The van der Waals surface area contributed by atoms with E-state index in [4.69, 9.17) is 0 Å². The molecule has 0 saturated carbocycles. The number of hydrogen-bond donors (Lipinski definition) is 2. The van der Waals surface area contributed by atoms with Crippen molar-refractivity contribution in [1.82, 2.24) is 10.2 Å². The first-order valence-electron chi connectivity index (χ1n) is 7.54. The summed E-state index contributed by atoms with van der Waals surface area (Å²) in [5.41, 5.74) is 1.86. The molecule has 0 unspecified atom stereocenters. The van der Waals surface area contributed by atoms with Crippen LogP contribution in [0.3, 0.4) is 0 Å². The molecule has 0 aromatic heterocycles. The van der Waals surface area contributed by atoms with Crippen LogP contribution in [0.1, 0.15) is 24.0 Å². The van der Waals surface area contributed by atoms with Crippen molar-refractivity contribution >= 4 is 17.8 Å². The van der Waals surface area contributed by atoms with E-state index in [-0.39, 0.29) is 24.4 Å². The molecule has 2 rings (SSSR count). The van der Waals surface area contributed by atoms with Crippen molar-refractivity contribution in [3.05, 3.63) is 35.1 Å². The quantitative estimate of drug-likeness (QED) is 0.874. The SMILES string of the molecule is CSCc1cc(F)ccc1CNC(=O)N1CCC[C@@H](CO)C1. The van der Waals surface area contributed by atoms with Crippen molar-refractivity contribution in [3.8, 4) is 0 Å². The van der Waals surface area contributed by atoms with Crippen molar-refractivity contribution < 1.29 is 14.3 Å². The number of halogens is 1. The van der Waals surface area contributed by atoms with Gasteiger partial charge < -0.3 is 15.3 Å². The lowest BCUT2D eigenvalue weighted by atomic mass is 9.99. The van der Waals surface area contributed by atoms with Crippen molar-refractivity contribution in [2.45, 2.75) is 25.1 Å². The fourth-order valence-corrected chi connectivity index (χ4v) is 3.32. The summed E-state index contributed by atoms with van der Waals surface area (Å²) in [4.78, 5) is 14.0. The first kappa shape index (κ1) is 17.1. The number of carbonyl (C=O) groups excluding carboxylic acids is 1. The van der Waals surface area contributed by atoms with Crippen LogP contribution < -0.4 is 5.32 Å². The van der Waals surface area contributed by atoms with Crippen LogP contribution in [-0.2, 0) is 12.3 Å². The minimum atomic E-state index is -0.249. The minimum absolute atomic E-state index is 0.113. The summed E-state index contributed by atoms with van der Waals surface area (Å²) in [6.45, 7) is 1.85. The van der Waals surface area contributed by atoms with Crippen LogP contribution in [0.5, 0.6) is 0 Å². The van der Waals surface area contributed by atoms with Gasteiger partial charge in [-0.1, -0.05) is 6.07 Å². The van der Waals surface area contributed by atoms with E-state index in [1.54, 1.807) is 22.7 Å². The molecule has 2 N–H and O–H groups in total. The Morgan fingerprint density at radius 3 is 3.05 bits per heavy atom. The third-order valence-corrected chi connectivity index (χ3v) is 4.56. The zero-order valence-electron chi connectivity index (χ0n) is 12.8. The van der Waals surface area contributed by atoms with E-state index in [1.165, 1.54) is 12.1 Å². The number of nitrogens with zero attached hydrogens (tertiary/aromatic N) is 1. The van der Waals surface area contributed by atoms with Crippen LogP contribution in [-0.4, -0.2) is 42.0 Å². The third-order valence-electron chi connectivity index (χ3n) is 3.96. The van der Waals surface area contributed by atoms with Gasteiger partial charge >= 0.3 is 6.03 Å². The van der Waals surface area contributed by atoms with Crippen molar-refractivity contribution in [3.63, 3.8) is 0 Å². The van der Waals surface area contributed by atoms with Crippen LogP contribution in [0.2, 0.25) is 0 Å². The summed E-state index contributed by atoms with van der Waals surface area (Å²) >= 11 is 1.63. The summed E-state index contributed by atoms with van der Waals surface area (Å²) in [7, 11) is 0. The average molecular weight is 326 g/mol. The van der Waals surface area contributed by atoms with E-state index in [1.807, 2.05) is 6.26 Å². The maximum Gasteiger partial charge on any atom is 0.317 e. The van der Waals surface area contributed by atoms with Gasteiger partial charge in [-0.2, -0.15) is 11.8 Å². The van der Waals surface area contributed by atoms with Gasteiger partial charge in [-0.05, 0) is 48.3 Å². The van der Waals surface area contributed by atoms with Gasteiger partial charge in [-0.25, -0.2) is 9.18 Å². The number of likely N-dealkylation sites (tertiary alicyclic amines) is 1. The van der Waals surface area contributed by atoms with Crippen molar-refractivity contribution in [1.29, 1.82) is 0 Å². The van der Waals surface area contributed by atoms with Crippen LogP contribution >= 0.6 is 11.8 Å². The van der Waals surface area contributed by atoms with Gasteiger partial charge in [0.15, 0.2) is 0 Å². The highest BCUT2D eigenvalue weighted by molar-refractivity contribution is 7.97. The number of benzene rings is 1. The lowest BCUT2D eigenvalue weighted by Gasteiger charge is -2.31. The molecule has 1 aromatic rings. The fourth-order valence-electron chi connectivity index (χ4n) is 2.74. The Hall–Kier alpha value is -1.27. The number of aliphatic hydroxyl groups excluding tert-OH is 1. The van der Waals surface area contributed by atoms with Crippen LogP contribution in [0.4, 0.5) is 9.18 Å². The lowest BCUT2D eigenvalue weighted by Crippen LogP contribution is -2.46. The van der Waals surface area contributed by atoms with Gasteiger partial charge in [0.25, 0.3) is 0 Å². The summed E-state index contributed by atoms with van der Waals surface area (Å²) in [5.74, 6) is 0.650. The number of nitrogens with one attached hydrogen (secondary N) is 1. The van der Waals surface area contributed by atoms with Crippen LogP contribution in [0, 0.1) is 11.7 Å². The zero-order valence-corrected chi connectivity index (χ0v) is 13.7. The number of rotatable bonds is 5. The van der Waals surface area contributed by atoms with E-state index in [0.29, 0.717) is 13.1 Å². The maximum absolute atomic E-state index is 13.3. The van der Waals surface area contributed by atoms with E-state index in [2.05, 4.69) is 5.32 Å². The molecule has 1 aliphatic rings. The third kappa shape index (κ3) is 4.61. The van der Waals surface area contributed by atoms with E-state index in [0.717, 1.165) is 36.3 Å². The highest BCUT2D eigenvalue weighted by Crippen LogP contribution is 2.18. The molecule has 0 bridgehead atoms. The fraction of sp³-hybridized carbons (Fsp3) is 0.562. The molecule has 2 amide bonds. The Morgan fingerprint density at radius 1 is 1.50 bits per heavy atom. The first-order chi connectivity index (χ1) is 10.6. The molecule has 1 aromatic carbocycles. The van der Waals surface area contributed by atoms with Gasteiger partial charge in [-0.3, -0.25) is 0 Å². The van der Waals surface area contributed by atoms with E-state index in [9.17, 15) is 14.3 Å². The molecular weight excluding hydrogens is 303 g/mol. The number of thioether (sulfide) groups is 1. The topological polar surface area (TPSA) is 52.6 Å². The minimum Gasteiger partial charge on any atom is -0.396 e. The van der Waals surface area contributed by atoms with Gasteiger partial charge in [0.05, 0.1) is 0 Å². The van der Waals surface area contributed by atoms with Crippen LogP contribution in [0.15, 0.2) is 18.2 Å². The second kappa shape index (κ2) is 8.39. The highest BCUT2D eigenvalue weighted by atomic mass is 32.2. The lowest BCUT2D eigenvalue weighted by molar-refractivity contribution is 0.129. The zero-order chi connectivity index (χ0) is 15.9. The van der Waals surface area contributed by atoms with E-state index >= 15 is 0 Å². The second-order valence-electron chi connectivity index (χ2n) is 5.64. The molecule has 1 saturated heterocycles. The monoisotopic (exact) mass is 326 g/mol. The number of piperidine rings is 1.